The molecule has 0 bridgehead atoms. The molecule has 1 aliphatic heterocycles. The number of benzene rings is 1. The Labute approximate surface area is 157 Å². The predicted molar refractivity (Wildman–Crippen MR) is 105 cm³/mol. The number of fused-ring (bicyclic) bond motifs is 1. The van der Waals surface area contributed by atoms with Gasteiger partial charge in [0, 0.05) is 56.2 Å². The van der Waals surface area contributed by atoms with Gasteiger partial charge in [-0.1, -0.05) is 12.1 Å². The highest BCUT2D eigenvalue weighted by Gasteiger charge is 2.15. The second-order valence-corrected chi connectivity index (χ2v) is 6.25. The average Bonchev–Trinajstić information content (AvgIpc) is 3.06. The number of rotatable bonds is 4. The molecule has 1 saturated heterocycles. The van der Waals surface area contributed by atoms with Crippen molar-refractivity contribution < 1.29 is 9.90 Å². The van der Waals surface area contributed by atoms with Crippen LogP contribution in [-0.4, -0.2) is 46.8 Å². The summed E-state index contributed by atoms with van der Waals surface area (Å²) in [4.78, 5) is 17.9. The number of halogens is 1. The third kappa shape index (κ3) is 3.52. The number of nitrogens with one attached hydrogen (secondary N) is 1. The topological polar surface area (TPSA) is 70.4 Å². The van der Waals surface area contributed by atoms with E-state index in [0.717, 1.165) is 42.8 Å². The number of carboxylic acids is 1. The van der Waals surface area contributed by atoms with Crippen molar-refractivity contribution in [3.63, 3.8) is 0 Å². The first-order valence-electron chi connectivity index (χ1n) is 8.44. The zero-order valence-corrected chi connectivity index (χ0v) is 15.1. The van der Waals surface area contributed by atoms with Gasteiger partial charge in [-0.2, -0.15) is 0 Å². The van der Waals surface area contributed by atoms with Crippen molar-refractivity contribution in [2.45, 2.75) is 6.54 Å². The molecule has 4 rings (SSSR count). The van der Waals surface area contributed by atoms with Gasteiger partial charge in [0.2, 0.25) is 0 Å². The summed E-state index contributed by atoms with van der Waals surface area (Å²) in [6.07, 6.45) is 3.91. The summed E-state index contributed by atoms with van der Waals surface area (Å²) in [6, 6.07) is 11.2. The summed E-state index contributed by atoms with van der Waals surface area (Å²) >= 11 is 0. The maximum atomic E-state index is 11.0. The Bertz CT molecular complexity index is 902. The molecule has 2 aromatic heterocycles. The monoisotopic (exact) mass is 372 g/mol. The van der Waals surface area contributed by atoms with E-state index in [1.54, 1.807) is 12.1 Å². The van der Waals surface area contributed by atoms with Crippen LogP contribution in [0.2, 0.25) is 0 Å². The van der Waals surface area contributed by atoms with Crippen LogP contribution in [-0.2, 0) is 6.54 Å². The largest absolute Gasteiger partial charge is 0.478 e. The minimum absolute atomic E-state index is 0. The summed E-state index contributed by atoms with van der Waals surface area (Å²) < 4.78 is 2.11. The summed E-state index contributed by atoms with van der Waals surface area (Å²) in [5, 5.41) is 13.5. The maximum Gasteiger partial charge on any atom is 0.335 e. The van der Waals surface area contributed by atoms with E-state index in [-0.39, 0.29) is 12.4 Å². The van der Waals surface area contributed by atoms with E-state index in [2.05, 4.69) is 38.1 Å². The molecule has 26 heavy (non-hydrogen) atoms. The fraction of sp³-hybridized carbons (Fsp3) is 0.263. The molecule has 6 nitrogen and oxygen atoms in total. The first-order chi connectivity index (χ1) is 12.2. The zero-order chi connectivity index (χ0) is 17.2. The lowest BCUT2D eigenvalue weighted by Gasteiger charge is -2.29. The number of nitrogens with zero attached hydrogens (tertiary/aromatic N) is 3. The number of carboxylic acid groups (broad SMARTS) is 1. The van der Waals surface area contributed by atoms with E-state index in [0.29, 0.717) is 12.1 Å². The summed E-state index contributed by atoms with van der Waals surface area (Å²) in [5.41, 5.74) is 3.54. The van der Waals surface area contributed by atoms with Gasteiger partial charge >= 0.3 is 5.97 Å². The van der Waals surface area contributed by atoms with Gasteiger partial charge in [0.25, 0.3) is 0 Å². The molecule has 0 radical (unpaired) electrons. The Kier molecular flexibility index (Phi) is 5.44. The van der Waals surface area contributed by atoms with Crippen molar-refractivity contribution in [2.24, 2.45) is 0 Å². The van der Waals surface area contributed by atoms with Crippen molar-refractivity contribution in [2.75, 3.05) is 31.1 Å². The van der Waals surface area contributed by atoms with Gasteiger partial charge in [-0.25, -0.2) is 9.78 Å². The van der Waals surface area contributed by atoms with Gasteiger partial charge in [-0.05, 0) is 29.8 Å². The molecular formula is C19H21ClN4O2. The maximum absolute atomic E-state index is 11.0. The fourth-order valence-electron chi connectivity index (χ4n) is 3.33. The van der Waals surface area contributed by atoms with Crippen LogP contribution in [0.5, 0.6) is 0 Å². The van der Waals surface area contributed by atoms with E-state index < -0.39 is 5.97 Å². The third-order valence-corrected chi connectivity index (χ3v) is 4.65. The lowest BCUT2D eigenvalue weighted by atomic mass is 10.1. The van der Waals surface area contributed by atoms with Crippen molar-refractivity contribution >= 4 is 35.1 Å². The molecule has 0 spiro atoms. The molecule has 136 valence electrons. The van der Waals surface area contributed by atoms with E-state index in [1.165, 1.54) is 5.69 Å². The highest BCUT2D eigenvalue weighted by atomic mass is 35.5. The highest BCUT2D eigenvalue weighted by molar-refractivity contribution is 5.90. The molecular weight excluding hydrogens is 352 g/mol. The van der Waals surface area contributed by atoms with Crippen LogP contribution >= 0.6 is 12.4 Å². The third-order valence-electron chi connectivity index (χ3n) is 4.65. The number of aromatic carboxylic acids is 1. The van der Waals surface area contributed by atoms with Gasteiger partial charge in [-0.3, -0.25) is 0 Å². The second-order valence-electron chi connectivity index (χ2n) is 6.25. The van der Waals surface area contributed by atoms with E-state index >= 15 is 0 Å². The molecule has 3 aromatic rings. The Hall–Kier alpha value is -2.57. The van der Waals surface area contributed by atoms with Gasteiger partial charge in [0.1, 0.15) is 5.65 Å². The number of hydrogen-bond acceptors (Lipinski definition) is 4. The standard InChI is InChI=1S/C19H20N4O2.ClH/c24-19(25)15-3-1-14(2-4-15)13-23-10-6-16-17(5-7-21-18(16)23)22-11-8-20-9-12-22;/h1-7,10,20H,8-9,11-13H2,(H,24,25);1H. The molecule has 0 saturated carbocycles. The van der Waals surface area contributed by atoms with E-state index in [4.69, 9.17) is 5.11 Å². The number of piperazine rings is 1. The van der Waals surface area contributed by atoms with Gasteiger partial charge in [0.05, 0.1) is 5.56 Å². The number of aromatic nitrogens is 2. The Morgan fingerprint density at radius 1 is 1.12 bits per heavy atom. The van der Waals surface area contributed by atoms with E-state index in [9.17, 15) is 4.79 Å². The number of pyridine rings is 1. The van der Waals surface area contributed by atoms with Crippen molar-refractivity contribution in [3.8, 4) is 0 Å². The van der Waals surface area contributed by atoms with Crippen LogP contribution < -0.4 is 10.2 Å². The first kappa shape index (κ1) is 18.2. The van der Waals surface area contributed by atoms with Crippen LogP contribution in [0.15, 0.2) is 48.8 Å². The molecule has 7 heteroatoms. The smallest absolute Gasteiger partial charge is 0.335 e. The molecule has 3 heterocycles. The highest BCUT2D eigenvalue weighted by Crippen LogP contribution is 2.27. The van der Waals surface area contributed by atoms with Crippen LogP contribution in [0.25, 0.3) is 11.0 Å². The summed E-state index contributed by atoms with van der Waals surface area (Å²) in [7, 11) is 0. The molecule has 0 atom stereocenters. The van der Waals surface area contributed by atoms with Crippen LogP contribution in [0.4, 0.5) is 5.69 Å². The molecule has 1 fully saturated rings. The van der Waals surface area contributed by atoms with Gasteiger partial charge < -0.3 is 19.9 Å². The van der Waals surface area contributed by atoms with Crippen LogP contribution in [0.1, 0.15) is 15.9 Å². The minimum Gasteiger partial charge on any atom is -0.478 e. The second kappa shape index (κ2) is 7.76. The number of hydrogen-bond donors (Lipinski definition) is 2. The summed E-state index contributed by atoms with van der Waals surface area (Å²) in [6.45, 7) is 4.67. The van der Waals surface area contributed by atoms with Crippen LogP contribution in [0, 0.1) is 0 Å². The SMILES string of the molecule is Cl.O=C(O)c1ccc(Cn2ccc3c(N4CCNCC4)ccnc32)cc1. The fourth-order valence-corrected chi connectivity index (χ4v) is 3.33. The molecule has 0 amide bonds. The average molecular weight is 373 g/mol. The number of anilines is 1. The van der Waals surface area contributed by atoms with Crippen molar-refractivity contribution in [3.05, 3.63) is 59.9 Å². The Morgan fingerprint density at radius 3 is 2.54 bits per heavy atom. The lowest BCUT2D eigenvalue weighted by Crippen LogP contribution is -2.43. The number of carbonyl (C=O) groups is 1. The lowest BCUT2D eigenvalue weighted by molar-refractivity contribution is 0.0697. The molecule has 2 N–H and O–H groups in total. The summed E-state index contributed by atoms with van der Waals surface area (Å²) in [5.74, 6) is -0.903. The van der Waals surface area contributed by atoms with Gasteiger partial charge in [0.15, 0.2) is 0 Å². The quantitative estimate of drug-likeness (QED) is 0.736. The zero-order valence-electron chi connectivity index (χ0n) is 14.3. The van der Waals surface area contributed by atoms with Crippen molar-refractivity contribution in [1.29, 1.82) is 0 Å². The molecule has 0 aliphatic carbocycles. The minimum atomic E-state index is -0.903. The Balaban J connectivity index is 0.00000196. The predicted octanol–water partition coefficient (Wildman–Crippen LogP) is 2.61. The van der Waals surface area contributed by atoms with Crippen LogP contribution in [0.3, 0.4) is 0 Å². The van der Waals surface area contributed by atoms with Gasteiger partial charge in [-0.15, -0.1) is 12.4 Å². The first-order valence-corrected chi connectivity index (χ1v) is 8.44. The Morgan fingerprint density at radius 2 is 1.85 bits per heavy atom. The molecule has 1 aromatic carbocycles. The normalized spacial score (nSPS) is 14.2. The van der Waals surface area contributed by atoms with E-state index in [1.807, 2.05) is 18.3 Å². The molecule has 0 unspecified atom stereocenters. The molecule has 1 aliphatic rings. The van der Waals surface area contributed by atoms with Crippen molar-refractivity contribution in [1.82, 2.24) is 14.9 Å².